The fourth-order valence-electron chi connectivity index (χ4n) is 3.56. The Morgan fingerprint density at radius 3 is 2.76 bits per heavy atom. The molecule has 0 amide bonds. The van der Waals surface area contributed by atoms with Gasteiger partial charge >= 0.3 is 0 Å². The van der Waals surface area contributed by atoms with Crippen LogP contribution >= 0.6 is 27.3 Å². The highest BCUT2D eigenvalue weighted by atomic mass is 79.9. The Hall–Kier alpha value is 0.140. The van der Waals surface area contributed by atoms with Crippen LogP contribution in [0.3, 0.4) is 0 Å². The number of thiophene rings is 1. The van der Waals surface area contributed by atoms with E-state index in [-0.39, 0.29) is 0 Å². The highest BCUT2D eigenvalue weighted by Gasteiger charge is 2.33. The van der Waals surface area contributed by atoms with Crippen molar-refractivity contribution in [1.29, 1.82) is 0 Å². The Bertz CT molecular complexity index is 370. The minimum absolute atomic E-state index is 0.887. The molecule has 1 aromatic heterocycles. The summed E-state index contributed by atoms with van der Waals surface area (Å²) in [5.74, 6) is 1.00. The Morgan fingerprint density at radius 2 is 2.06 bits per heavy atom. The van der Waals surface area contributed by atoms with E-state index in [1.165, 1.54) is 61.0 Å². The van der Waals surface area contributed by atoms with Crippen molar-refractivity contribution < 1.29 is 0 Å². The zero-order valence-electron chi connectivity index (χ0n) is 10.2. The minimum Gasteiger partial charge on any atom is -0.295 e. The predicted octanol–water partition coefficient (Wildman–Crippen LogP) is 4.67. The van der Waals surface area contributed by atoms with Gasteiger partial charge in [-0.15, -0.1) is 11.3 Å². The minimum atomic E-state index is 0.887. The predicted molar refractivity (Wildman–Crippen MR) is 77.4 cm³/mol. The topological polar surface area (TPSA) is 3.24 Å². The lowest BCUT2D eigenvalue weighted by Crippen LogP contribution is -2.33. The number of likely N-dealkylation sites (tertiary alicyclic amines) is 1. The van der Waals surface area contributed by atoms with Gasteiger partial charge in [-0.1, -0.05) is 12.8 Å². The maximum absolute atomic E-state index is 3.55. The van der Waals surface area contributed by atoms with E-state index in [1.807, 2.05) is 11.3 Å². The smallest absolute Gasteiger partial charge is 0.0331 e. The Kier molecular flexibility index (Phi) is 3.88. The van der Waals surface area contributed by atoms with E-state index in [0.29, 0.717) is 0 Å². The van der Waals surface area contributed by atoms with Crippen molar-refractivity contribution in [1.82, 2.24) is 4.90 Å². The molecule has 0 spiro atoms. The maximum atomic E-state index is 3.55. The molecule has 3 rings (SSSR count). The van der Waals surface area contributed by atoms with Gasteiger partial charge in [0.1, 0.15) is 0 Å². The number of rotatable bonds is 3. The fraction of sp³-hybridized carbons (Fsp3) is 0.714. The summed E-state index contributed by atoms with van der Waals surface area (Å²) in [4.78, 5) is 4.26. The van der Waals surface area contributed by atoms with Crippen LogP contribution in [0.5, 0.6) is 0 Å². The van der Waals surface area contributed by atoms with Gasteiger partial charge < -0.3 is 0 Å². The summed E-state index contributed by atoms with van der Waals surface area (Å²) in [6.45, 7) is 2.49. The van der Waals surface area contributed by atoms with Crippen molar-refractivity contribution in [2.45, 2.75) is 51.1 Å². The van der Waals surface area contributed by atoms with E-state index in [0.717, 1.165) is 12.0 Å². The van der Waals surface area contributed by atoms with Gasteiger partial charge in [-0.2, -0.15) is 0 Å². The summed E-state index contributed by atoms with van der Waals surface area (Å²) in [6, 6.07) is 3.17. The van der Waals surface area contributed by atoms with Crippen LogP contribution in [-0.4, -0.2) is 17.5 Å². The average molecular weight is 314 g/mol. The second kappa shape index (κ2) is 5.41. The summed E-state index contributed by atoms with van der Waals surface area (Å²) in [5, 5.41) is 2.20. The van der Waals surface area contributed by atoms with E-state index in [2.05, 4.69) is 32.3 Å². The first-order valence-corrected chi connectivity index (χ1v) is 8.47. The third kappa shape index (κ3) is 2.77. The van der Waals surface area contributed by atoms with Crippen LogP contribution in [0.2, 0.25) is 0 Å². The Balaban J connectivity index is 1.65. The molecule has 1 unspecified atom stereocenters. The van der Waals surface area contributed by atoms with E-state index < -0.39 is 0 Å². The number of nitrogens with zero attached hydrogens (tertiary/aromatic N) is 1. The molecule has 0 aromatic carbocycles. The number of hydrogen-bond donors (Lipinski definition) is 0. The highest BCUT2D eigenvalue weighted by molar-refractivity contribution is 9.10. The third-order valence-electron chi connectivity index (χ3n) is 4.34. The number of halogens is 1. The van der Waals surface area contributed by atoms with E-state index in [9.17, 15) is 0 Å². The maximum Gasteiger partial charge on any atom is 0.0331 e. The molecule has 17 heavy (non-hydrogen) atoms. The van der Waals surface area contributed by atoms with Crippen LogP contribution in [0.1, 0.15) is 43.4 Å². The zero-order valence-corrected chi connectivity index (χ0v) is 12.6. The van der Waals surface area contributed by atoms with Crippen LogP contribution in [-0.2, 0) is 6.54 Å². The van der Waals surface area contributed by atoms with Crippen molar-refractivity contribution in [2.24, 2.45) is 5.92 Å². The van der Waals surface area contributed by atoms with Crippen molar-refractivity contribution in [2.75, 3.05) is 6.54 Å². The molecule has 1 atom stereocenters. The zero-order chi connectivity index (χ0) is 11.7. The molecular weight excluding hydrogens is 294 g/mol. The molecule has 3 heteroatoms. The molecular formula is C14H20BrNS. The summed E-state index contributed by atoms with van der Waals surface area (Å²) in [6.07, 6.45) is 8.76. The summed E-state index contributed by atoms with van der Waals surface area (Å²) >= 11 is 5.45. The molecule has 0 N–H and O–H groups in total. The molecule has 1 aromatic rings. The molecule has 1 saturated heterocycles. The van der Waals surface area contributed by atoms with Crippen LogP contribution in [0.15, 0.2) is 15.9 Å². The average Bonchev–Trinajstić information content (AvgIpc) is 3.00. The lowest BCUT2D eigenvalue weighted by Gasteiger charge is -2.28. The lowest BCUT2D eigenvalue weighted by atomic mass is 9.96. The van der Waals surface area contributed by atoms with Gasteiger partial charge in [0.2, 0.25) is 0 Å². The van der Waals surface area contributed by atoms with Crippen LogP contribution in [0, 0.1) is 5.92 Å². The van der Waals surface area contributed by atoms with Gasteiger partial charge in [-0.3, -0.25) is 4.90 Å². The van der Waals surface area contributed by atoms with E-state index in [4.69, 9.17) is 0 Å². The van der Waals surface area contributed by atoms with Gasteiger partial charge in [0.05, 0.1) is 0 Å². The fourth-order valence-corrected chi connectivity index (χ4v) is 5.04. The molecule has 94 valence electrons. The Labute approximate surface area is 116 Å². The first-order chi connectivity index (χ1) is 8.33. The quantitative estimate of drug-likeness (QED) is 0.784. The largest absolute Gasteiger partial charge is 0.295 e. The molecule has 2 aliphatic rings. The molecule has 2 fully saturated rings. The second-order valence-corrected chi connectivity index (χ2v) is 7.37. The van der Waals surface area contributed by atoms with E-state index >= 15 is 0 Å². The van der Waals surface area contributed by atoms with Crippen molar-refractivity contribution in [3.05, 3.63) is 20.8 Å². The van der Waals surface area contributed by atoms with Crippen LogP contribution < -0.4 is 0 Å². The second-order valence-electron chi connectivity index (χ2n) is 5.46. The third-order valence-corrected chi connectivity index (χ3v) is 6.02. The molecule has 1 aliphatic carbocycles. The van der Waals surface area contributed by atoms with Gasteiger partial charge in [0.15, 0.2) is 0 Å². The van der Waals surface area contributed by atoms with E-state index in [1.54, 1.807) is 0 Å². The molecule has 0 radical (unpaired) electrons. The van der Waals surface area contributed by atoms with Gasteiger partial charge in [-0.25, -0.2) is 0 Å². The van der Waals surface area contributed by atoms with Crippen molar-refractivity contribution in [3.8, 4) is 0 Å². The summed E-state index contributed by atoms with van der Waals surface area (Å²) < 4.78 is 1.24. The first-order valence-electron chi connectivity index (χ1n) is 6.80. The molecule has 1 saturated carbocycles. The SMILES string of the molecule is Brc1csc(CN2CCCC2C2CCCC2)c1. The molecule has 1 nitrogen and oxygen atoms in total. The first kappa shape index (κ1) is 12.2. The lowest BCUT2D eigenvalue weighted by molar-refractivity contribution is 0.184. The normalized spacial score (nSPS) is 27.0. The van der Waals surface area contributed by atoms with Crippen molar-refractivity contribution in [3.63, 3.8) is 0 Å². The monoisotopic (exact) mass is 313 g/mol. The molecule has 0 bridgehead atoms. The van der Waals surface area contributed by atoms with Crippen molar-refractivity contribution >= 4 is 27.3 Å². The van der Waals surface area contributed by atoms with Gasteiger partial charge in [0, 0.05) is 27.3 Å². The van der Waals surface area contributed by atoms with Crippen LogP contribution in [0.4, 0.5) is 0 Å². The van der Waals surface area contributed by atoms with Gasteiger partial charge in [-0.05, 0) is 60.1 Å². The van der Waals surface area contributed by atoms with Gasteiger partial charge in [0.25, 0.3) is 0 Å². The molecule has 1 aliphatic heterocycles. The summed E-state index contributed by atoms with van der Waals surface area (Å²) in [5.41, 5.74) is 0. The standard InChI is InChI=1S/C14H20BrNS/c15-12-8-13(17-10-12)9-16-7-3-6-14(16)11-4-1-2-5-11/h8,10-11,14H,1-7,9H2. The number of hydrogen-bond acceptors (Lipinski definition) is 2. The highest BCUT2D eigenvalue weighted by Crippen LogP contribution is 2.36. The summed E-state index contributed by atoms with van der Waals surface area (Å²) in [7, 11) is 0. The Morgan fingerprint density at radius 1 is 1.24 bits per heavy atom. The molecule has 2 heterocycles. The van der Waals surface area contributed by atoms with Crippen LogP contribution in [0.25, 0.3) is 0 Å².